The summed E-state index contributed by atoms with van der Waals surface area (Å²) in [7, 11) is 0. The normalized spacial score (nSPS) is 15.1. The van der Waals surface area contributed by atoms with Crippen LogP contribution in [0.3, 0.4) is 0 Å². The highest BCUT2D eigenvalue weighted by molar-refractivity contribution is 5.99. The Morgan fingerprint density at radius 2 is 1.85 bits per heavy atom. The molecule has 27 heavy (non-hydrogen) atoms. The van der Waals surface area contributed by atoms with E-state index in [-0.39, 0.29) is 5.92 Å². The summed E-state index contributed by atoms with van der Waals surface area (Å²) in [4.78, 5) is 13.3. The number of Topliss-reactive ketones (excluding diaryl/α,β-unsaturated/α-hetero) is 1. The molecule has 1 fully saturated rings. The third-order valence-electron chi connectivity index (χ3n) is 5.68. The van der Waals surface area contributed by atoms with E-state index in [0.29, 0.717) is 12.4 Å². The molecule has 0 radical (unpaired) electrons. The van der Waals surface area contributed by atoms with Gasteiger partial charge in [0.15, 0.2) is 5.78 Å². The molecule has 2 heterocycles. The fourth-order valence-corrected chi connectivity index (χ4v) is 4.19. The van der Waals surface area contributed by atoms with Crippen molar-refractivity contribution in [2.24, 2.45) is 5.92 Å². The number of rotatable bonds is 6. The van der Waals surface area contributed by atoms with E-state index in [1.807, 2.05) is 36.5 Å². The van der Waals surface area contributed by atoms with Crippen molar-refractivity contribution in [3.63, 3.8) is 0 Å². The molecule has 2 aromatic heterocycles. The van der Waals surface area contributed by atoms with Gasteiger partial charge in [0.05, 0.1) is 11.2 Å². The molecule has 0 aliphatic heterocycles. The highest BCUT2D eigenvalue weighted by Gasteiger charge is 2.27. The lowest BCUT2D eigenvalue weighted by atomic mass is 9.84. The Morgan fingerprint density at radius 1 is 1.07 bits per heavy atom. The van der Waals surface area contributed by atoms with E-state index >= 15 is 0 Å². The van der Waals surface area contributed by atoms with Gasteiger partial charge in [-0.3, -0.25) is 4.79 Å². The van der Waals surface area contributed by atoms with Crippen LogP contribution in [0, 0.1) is 5.92 Å². The minimum absolute atomic E-state index is 0.177. The molecule has 0 N–H and O–H groups in total. The number of aryl methyl sites for hydroxylation is 1. The van der Waals surface area contributed by atoms with Crippen LogP contribution in [0.25, 0.3) is 5.52 Å². The summed E-state index contributed by atoms with van der Waals surface area (Å²) >= 11 is 0. The Balaban J connectivity index is 1.67. The maximum Gasteiger partial charge on any atom is 0.182 e. The number of hydrogen-bond donors (Lipinski definition) is 0. The standard InChI is InChI=1S/C24H27NO2/c1-2-19-16-21-22(27-17-18-10-5-3-6-11-18)14-9-15-25(21)23(19)24(26)20-12-7-4-8-13-20/h3,5-6,9-11,14-16,20H,2,4,7-8,12-13,17H2,1H3. The molecule has 0 saturated heterocycles. The Kier molecular flexibility index (Phi) is 5.28. The van der Waals surface area contributed by atoms with Gasteiger partial charge in [-0.1, -0.05) is 56.5 Å². The molecule has 3 nitrogen and oxygen atoms in total. The summed E-state index contributed by atoms with van der Waals surface area (Å²) < 4.78 is 8.16. The van der Waals surface area contributed by atoms with Crippen LogP contribution in [-0.2, 0) is 13.0 Å². The molecule has 0 amide bonds. The van der Waals surface area contributed by atoms with Gasteiger partial charge < -0.3 is 9.14 Å². The number of nitrogens with zero attached hydrogens (tertiary/aromatic N) is 1. The van der Waals surface area contributed by atoms with E-state index in [2.05, 4.69) is 29.5 Å². The van der Waals surface area contributed by atoms with Gasteiger partial charge in [0.25, 0.3) is 0 Å². The first-order valence-corrected chi connectivity index (χ1v) is 10.1. The first-order chi connectivity index (χ1) is 13.3. The van der Waals surface area contributed by atoms with Gasteiger partial charge in [-0.2, -0.15) is 0 Å². The summed E-state index contributed by atoms with van der Waals surface area (Å²) in [5.74, 6) is 1.32. The summed E-state index contributed by atoms with van der Waals surface area (Å²) in [6.45, 7) is 2.65. The minimum Gasteiger partial charge on any atom is -0.487 e. The van der Waals surface area contributed by atoms with Crippen LogP contribution >= 0.6 is 0 Å². The number of fused-ring (bicyclic) bond motifs is 1. The Labute approximate surface area is 161 Å². The second-order valence-corrected chi connectivity index (χ2v) is 7.47. The maximum absolute atomic E-state index is 13.3. The number of aromatic nitrogens is 1. The highest BCUT2D eigenvalue weighted by atomic mass is 16.5. The van der Waals surface area contributed by atoms with Crippen molar-refractivity contribution in [3.05, 3.63) is 71.5 Å². The molecule has 0 atom stereocenters. The Hall–Kier alpha value is -2.55. The fraction of sp³-hybridized carbons (Fsp3) is 0.375. The summed E-state index contributed by atoms with van der Waals surface area (Å²) in [5, 5.41) is 0. The number of benzene rings is 1. The van der Waals surface area contributed by atoms with Crippen molar-refractivity contribution in [1.82, 2.24) is 4.40 Å². The molecular formula is C24H27NO2. The fourth-order valence-electron chi connectivity index (χ4n) is 4.19. The number of carbonyl (C=O) groups excluding carboxylic acids is 1. The monoisotopic (exact) mass is 361 g/mol. The van der Waals surface area contributed by atoms with Gasteiger partial charge in [-0.15, -0.1) is 0 Å². The van der Waals surface area contributed by atoms with E-state index in [1.165, 1.54) is 19.3 Å². The average molecular weight is 361 g/mol. The highest BCUT2D eigenvalue weighted by Crippen LogP contribution is 2.32. The quantitative estimate of drug-likeness (QED) is 0.516. The second-order valence-electron chi connectivity index (χ2n) is 7.47. The molecule has 1 aromatic carbocycles. The van der Waals surface area contributed by atoms with Crippen molar-refractivity contribution in [2.45, 2.75) is 52.1 Å². The third-order valence-corrected chi connectivity index (χ3v) is 5.68. The molecule has 1 aliphatic rings. The van der Waals surface area contributed by atoms with Crippen molar-refractivity contribution in [2.75, 3.05) is 0 Å². The second kappa shape index (κ2) is 7.99. The lowest BCUT2D eigenvalue weighted by molar-refractivity contribution is 0.0882. The average Bonchev–Trinajstić information content (AvgIpc) is 3.12. The van der Waals surface area contributed by atoms with E-state index < -0.39 is 0 Å². The van der Waals surface area contributed by atoms with Gasteiger partial charge >= 0.3 is 0 Å². The molecule has 3 aromatic rings. The van der Waals surface area contributed by atoms with Crippen LogP contribution in [-0.4, -0.2) is 10.2 Å². The van der Waals surface area contributed by atoms with Crippen LogP contribution in [0.1, 0.15) is 60.6 Å². The van der Waals surface area contributed by atoms with Crippen LogP contribution < -0.4 is 4.74 Å². The number of carbonyl (C=O) groups is 1. The smallest absolute Gasteiger partial charge is 0.182 e. The van der Waals surface area contributed by atoms with E-state index in [0.717, 1.165) is 47.3 Å². The van der Waals surface area contributed by atoms with Crippen molar-refractivity contribution in [3.8, 4) is 5.75 Å². The molecule has 3 heteroatoms. The van der Waals surface area contributed by atoms with Crippen LogP contribution in [0.5, 0.6) is 5.75 Å². The SMILES string of the molecule is CCc1cc2c(OCc3ccccc3)cccn2c1C(=O)C1CCCCC1. The minimum atomic E-state index is 0.177. The van der Waals surface area contributed by atoms with Gasteiger partial charge in [0.1, 0.15) is 12.4 Å². The van der Waals surface area contributed by atoms with E-state index in [9.17, 15) is 4.79 Å². The van der Waals surface area contributed by atoms with E-state index in [4.69, 9.17) is 4.74 Å². The topological polar surface area (TPSA) is 30.7 Å². The molecule has 1 saturated carbocycles. The molecule has 140 valence electrons. The van der Waals surface area contributed by atoms with Gasteiger partial charge in [0.2, 0.25) is 0 Å². The van der Waals surface area contributed by atoms with E-state index in [1.54, 1.807) is 0 Å². The van der Waals surface area contributed by atoms with Gasteiger partial charge in [-0.05, 0) is 48.6 Å². The summed E-state index contributed by atoms with van der Waals surface area (Å²) in [6, 6.07) is 16.3. The number of ketones is 1. The van der Waals surface area contributed by atoms with Gasteiger partial charge in [0, 0.05) is 12.1 Å². The van der Waals surface area contributed by atoms with Crippen molar-refractivity contribution >= 4 is 11.3 Å². The lowest BCUT2D eigenvalue weighted by Gasteiger charge is -2.21. The van der Waals surface area contributed by atoms with Gasteiger partial charge in [-0.25, -0.2) is 0 Å². The van der Waals surface area contributed by atoms with Crippen molar-refractivity contribution in [1.29, 1.82) is 0 Å². The maximum atomic E-state index is 13.3. The predicted octanol–water partition coefficient (Wildman–Crippen LogP) is 5.84. The Morgan fingerprint density at radius 3 is 2.59 bits per heavy atom. The number of pyridine rings is 1. The van der Waals surface area contributed by atoms with Crippen LogP contribution in [0.2, 0.25) is 0 Å². The molecule has 0 unspecified atom stereocenters. The summed E-state index contributed by atoms with van der Waals surface area (Å²) in [6.07, 6.45) is 8.52. The first kappa shape index (κ1) is 17.8. The number of ether oxygens (including phenoxy) is 1. The number of hydrogen-bond acceptors (Lipinski definition) is 2. The molecule has 1 aliphatic carbocycles. The Bertz CT molecular complexity index is 920. The molecular weight excluding hydrogens is 334 g/mol. The van der Waals surface area contributed by atoms with Crippen molar-refractivity contribution < 1.29 is 9.53 Å². The van der Waals surface area contributed by atoms with Crippen LogP contribution in [0.4, 0.5) is 0 Å². The zero-order chi connectivity index (χ0) is 18.6. The largest absolute Gasteiger partial charge is 0.487 e. The molecule has 0 bridgehead atoms. The molecule has 4 rings (SSSR count). The lowest BCUT2D eigenvalue weighted by Crippen LogP contribution is -2.20. The molecule has 0 spiro atoms. The predicted molar refractivity (Wildman–Crippen MR) is 108 cm³/mol. The zero-order valence-corrected chi connectivity index (χ0v) is 16.0. The third kappa shape index (κ3) is 3.64. The zero-order valence-electron chi connectivity index (χ0n) is 16.0. The van der Waals surface area contributed by atoms with Crippen LogP contribution in [0.15, 0.2) is 54.7 Å². The summed E-state index contributed by atoms with van der Waals surface area (Å²) in [5.41, 5.74) is 4.12. The first-order valence-electron chi connectivity index (χ1n) is 10.1.